The average molecular weight is 450 g/mol. The summed E-state index contributed by atoms with van der Waals surface area (Å²) in [5.74, 6) is -0.911. The zero-order valence-corrected chi connectivity index (χ0v) is 19.0. The van der Waals surface area contributed by atoms with Crippen LogP contribution >= 0.6 is 0 Å². The molecule has 0 bridgehead atoms. The predicted octanol–water partition coefficient (Wildman–Crippen LogP) is 2.84. The molecule has 2 aromatic carbocycles. The van der Waals surface area contributed by atoms with Crippen LogP contribution in [0.3, 0.4) is 0 Å². The molecule has 2 amide bonds. The van der Waals surface area contributed by atoms with E-state index in [0.717, 1.165) is 36.0 Å². The van der Waals surface area contributed by atoms with E-state index in [-0.39, 0.29) is 35.8 Å². The topological polar surface area (TPSA) is 116 Å². The van der Waals surface area contributed by atoms with Crippen LogP contribution in [0.5, 0.6) is 11.5 Å². The molecule has 3 aliphatic rings. The summed E-state index contributed by atoms with van der Waals surface area (Å²) in [6.07, 6.45) is 3.68. The number of aromatic hydroxyl groups is 2. The van der Waals surface area contributed by atoms with Gasteiger partial charge in [0.1, 0.15) is 6.04 Å². The van der Waals surface area contributed by atoms with Crippen LogP contribution in [0.2, 0.25) is 0 Å². The number of carbonyl (C=O) groups excluding carboxylic acids is 2. The maximum Gasteiger partial charge on any atom is 0.243 e. The molecule has 1 aliphatic carbocycles. The molecule has 174 valence electrons. The van der Waals surface area contributed by atoms with Gasteiger partial charge in [-0.05, 0) is 71.9 Å². The highest BCUT2D eigenvalue weighted by atomic mass is 16.3. The van der Waals surface area contributed by atoms with Crippen LogP contribution < -0.4 is 11.1 Å². The molecule has 2 aromatic rings. The molecule has 1 fully saturated rings. The molecule has 0 aromatic heterocycles. The van der Waals surface area contributed by atoms with Crippen LogP contribution in [0.4, 0.5) is 0 Å². The zero-order chi connectivity index (χ0) is 23.5. The van der Waals surface area contributed by atoms with Gasteiger partial charge in [0.2, 0.25) is 11.8 Å². The lowest BCUT2D eigenvalue weighted by molar-refractivity contribution is -0.143. The van der Waals surface area contributed by atoms with Crippen LogP contribution in [0.25, 0.3) is 0 Å². The lowest BCUT2D eigenvalue weighted by atomic mass is 9.81. The van der Waals surface area contributed by atoms with Crippen molar-refractivity contribution in [3.05, 3.63) is 58.7 Å². The van der Waals surface area contributed by atoms with Gasteiger partial charge in [0.25, 0.3) is 0 Å². The second-order valence-electron chi connectivity index (χ2n) is 10.4. The van der Waals surface area contributed by atoms with Gasteiger partial charge < -0.3 is 26.2 Å². The fraction of sp³-hybridized carbons (Fsp3) is 0.462. The van der Waals surface area contributed by atoms with Crippen molar-refractivity contribution in [1.29, 1.82) is 0 Å². The number of rotatable bonds is 2. The van der Waals surface area contributed by atoms with E-state index < -0.39 is 23.5 Å². The fourth-order valence-corrected chi connectivity index (χ4v) is 6.08. The summed E-state index contributed by atoms with van der Waals surface area (Å²) in [4.78, 5) is 28.8. The standard InChI is InChI=1S/C26H31N3O4/c1-26(2)13-20-17-12-22(31)21(30)11-15(17)10-18(27)25(33)29(20)23(26)24(32)28-19-9-5-7-14-6-3-4-8-16(14)19/h3-4,6,8,11-12,18-20,23,30-31H,5,7,9-10,13,27H2,1-2H3,(H,28,32)/t18?,19-,20?,23?/m1/s1. The summed E-state index contributed by atoms with van der Waals surface area (Å²) in [6, 6.07) is 9.22. The summed E-state index contributed by atoms with van der Waals surface area (Å²) < 4.78 is 0. The minimum atomic E-state index is -0.822. The number of hydrogen-bond donors (Lipinski definition) is 4. The monoisotopic (exact) mass is 449 g/mol. The molecule has 2 aliphatic heterocycles. The number of amides is 2. The minimum Gasteiger partial charge on any atom is -0.504 e. The summed E-state index contributed by atoms with van der Waals surface area (Å²) in [7, 11) is 0. The molecule has 1 saturated heterocycles. The highest BCUT2D eigenvalue weighted by molar-refractivity contribution is 5.92. The number of phenols is 2. The zero-order valence-electron chi connectivity index (χ0n) is 19.0. The van der Waals surface area contributed by atoms with Crippen molar-refractivity contribution >= 4 is 11.8 Å². The van der Waals surface area contributed by atoms with E-state index in [1.165, 1.54) is 17.7 Å². The Hall–Kier alpha value is -3.06. The third kappa shape index (κ3) is 3.55. The first kappa shape index (κ1) is 21.8. The van der Waals surface area contributed by atoms with Crippen molar-refractivity contribution in [2.45, 2.75) is 70.1 Å². The van der Waals surface area contributed by atoms with Gasteiger partial charge in [-0.2, -0.15) is 0 Å². The Balaban J connectivity index is 1.51. The fourth-order valence-electron chi connectivity index (χ4n) is 6.08. The summed E-state index contributed by atoms with van der Waals surface area (Å²) in [6.45, 7) is 4.00. The summed E-state index contributed by atoms with van der Waals surface area (Å²) in [5.41, 5.74) is 9.66. The van der Waals surface area contributed by atoms with Crippen LogP contribution in [0.1, 0.15) is 67.4 Å². The Bertz CT molecular complexity index is 1130. The van der Waals surface area contributed by atoms with Crippen LogP contribution in [0.15, 0.2) is 36.4 Å². The highest BCUT2D eigenvalue weighted by Crippen LogP contribution is 2.51. The van der Waals surface area contributed by atoms with Gasteiger partial charge in [-0.1, -0.05) is 38.1 Å². The molecule has 5 N–H and O–H groups in total. The van der Waals surface area contributed by atoms with E-state index in [1.54, 1.807) is 4.90 Å². The van der Waals surface area contributed by atoms with Gasteiger partial charge in [0.05, 0.1) is 18.1 Å². The van der Waals surface area contributed by atoms with Gasteiger partial charge in [0.15, 0.2) is 11.5 Å². The Morgan fingerprint density at radius 1 is 1.12 bits per heavy atom. The van der Waals surface area contributed by atoms with Gasteiger partial charge in [-0.3, -0.25) is 9.59 Å². The quantitative estimate of drug-likeness (QED) is 0.526. The first-order valence-corrected chi connectivity index (χ1v) is 11.7. The second kappa shape index (κ2) is 7.76. The largest absolute Gasteiger partial charge is 0.504 e. The van der Waals surface area contributed by atoms with Crippen molar-refractivity contribution < 1.29 is 19.8 Å². The van der Waals surface area contributed by atoms with E-state index in [1.807, 2.05) is 26.0 Å². The van der Waals surface area contributed by atoms with E-state index >= 15 is 0 Å². The molecule has 5 rings (SSSR count). The first-order valence-electron chi connectivity index (χ1n) is 11.7. The third-order valence-electron chi connectivity index (χ3n) is 7.61. The van der Waals surface area contributed by atoms with Crippen molar-refractivity contribution in [3.63, 3.8) is 0 Å². The number of nitrogens with one attached hydrogen (secondary N) is 1. The second-order valence-corrected chi connectivity index (χ2v) is 10.4. The van der Waals surface area contributed by atoms with Crippen LogP contribution in [0, 0.1) is 5.41 Å². The number of fused-ring (bicyclic) bond motifs is 4. The van der Waals surface area contributed by atoms with Crippen molar-refractivity contribution in [2.24, 2.45) is 11.1 Å². The normalized spacial score (nSPS) is 27.8. The van der Waals surface area contributed by atoms with Crippen molar-refractivity contribution in [3.8, 4) is 11.5 Å². The van der Waals surface area contributed by atoms with E-state index in [4.69, 9.17) is 5.73 Å². The summed E-state index contributed by atoms with van der Waals surface area (Å²) in [5, 5.41) is 23.4. The number of hydrogen-bond acceptors (Lipinski definition) is 5. The maximum absolute atomic E-state index is 13.8. The van der Waals surface area contributed by atoms with E-state index in [2.05, 4.69) is 17.4 Å². The smallest absolute Gasteiger partial charge is 0.243 e. The molecule has 33 heavy (non-hydrogen) atoms. The number of benzene rings is 2. The molecule has 2 heterocycles. The maximum atomic E-state index is 13.8. The molecular weight excluding hydrogens is 418 g/mol. The molecule has 7 nitrogen and oxygen atoms in total. The number of phenolic OH excluding ortho intramolecular Hbond substituents is 2. The lowest BCUT2D eigenvalue weighted by Gasteiger charge is -2.35. The van der Waals surface area contributed by atoms with Gasteiger partial charge in [-0.15, -0.1) is 0 Å². The molecule has 7 heteroatoms. The van der Waals surface area contributed by atoms with Gasteiger partial charge in [0, 0.05) is 0 Å². The number of carbonyl (C=O) groups is 2. The van der Waals surface area contributed by atoms with E-state index in [9.17, 15) is 19.8 Å². The lowest BCUT2D eigenvalue weighted by Crippen LogP contribution is -2.55. The van der Waals surface area contributed by atoms with Crippen molar-refractivity contribution in [2.75, 3.05) is 0 Å². The minimum absolute atomic E-state index is 0.0821. The molecule has 0 spiro atoms. The molecule has 0 radical (unpaired) electrons. The van der Waals surface area contributed by atoms with Crippen LogP contribution in [-0.2, 0) is 22.4 Å². The number of nitrogens with two attached hydrogens (primary N) is 1. The SMILES string of the molecule is CC1(C)CC2c3cc(O)c(O)cc3CC(N)C(=O)N2C1C(=O)N[C@@H]1CCCc2ccccc21. The van der Waals surface area contributed by atoms with Gasteiger partial charge >= 0.3 is 0 Å². The van der Waals surface area contributed by atoms with Gasteiger partial charge in [-0.25, -0.2) is 0 Å². The molecule has 3 unspecified atom stereocenters. The molecular formula is C26H31N3O4. The number of nitrogens with zero attached hydrogens (tertiary/aromatic N) is 1. The highest BCUT2D eigenvalue weighted by Gasteiger charge is 2.55. The first-order chi connectivity index (χ1) is 15.7. The summed E-state index contributed by atoms with van der Waals surface area (Å²) >= 11 is 0. The van der Waals surface area contributed by atoms with Crippen molar-refractivity contribution in [1.82, 2.24) is 10.2 Å². The molecule has 0 saturated carbocycles. The molecule has 4 atom stereocenters. The average Bonchev–Trinajstić information content (AvgIpc) is 3.02. The Morgan fingerprint density at radius 2 is 1.85 bits per heavy atom. The Kier molecular flexibility index (Phi) is 5.12. The Morgan fingerprint density at radius 3 is 2.64 bits per heavy atom. The van der Waals surface area contributed by atoms with E-state index in [0.29, 0.717) is 6.42 Å². The number of aryl methyl sites for hydroxylation is 1. The predicted molar refractivity (Wildman–Crippen MR) is 123 cm³/mol. The Labute approximate surface area is 193 Å². The third-order valence-corrected chi connectivity index (χ3v) is 7.61. The van der Waals surface area contributed by atoms with Crippen LogP contribution in [-0.4, -0.2) is 39.0 Å².